The minimum atomic E-state index is -0.745. The molecule has 0 aromatic heterocycles. The number of carboxylic acid groups (broad SMARTS) is 1. The van der Waals surface area contributed by atoms with Crippen LogP contribution in [0.25, 0.3) is 0 Å². The number of nitrogens with one attached hydrogen (secondary N) is 1. The van der Waals surface area contributed by atoms with Crippen LogP contribution >= 0.6 is 0 Å². The number of hydrogen-bond acceptors (Lipinski definition) is 5. The summed E-state index contributed by atoms with van der Waals surface area (Å²) >= 11 is 0. The SMILES string of the molecule is CCC(=O)O.OCC(CO)CNO. The van der Waals surface area contributed by atoms with E-state index in [4.69, 9.17) is 20.5 Å². The lowest BCUT2D eigenvalue weighted by Gasteiger charge is -2.06. The maximum absolute atomic E-state index is 9.37. The molecule has 0 unspecified atom stereocenters. The van der Waals surface area contributed by atoms with Gasteiger partial charge in [0.1, 0.15) is 0 Å². The highest BCUT2D eigenvalue weighted by atomic mass is 16.5. The van der Waals surface area contributed by atoms with E-state index in [1.54, 1.807) is 6.92 Å². The molecule has 0 fully saturated rings. The van der Waals surface area contributed by atoms with Gasteiger partial charge < -0.3 is 20.5 Å². The van der Waals surface area contributed by atoms with Crippen molar-refractivity contribution in [2.75, 3.05) is 19.8 Å². The third-order valence-corrected chi connectivity index (χ3v) is 1.20. The summed E-state index contributed by atoms with van der Waals surface area (Å²) in [5, 5.41) is 32.4. The summed E-state index contributed by atoms with van der Waals surface area (Å²) < 4.78 is 0. The smallest absolute Gasteiger partial charge is 0.303 e. The summed E-state index contributed by atoms with van der Waals surface area (Å²) in [5.74, 6) is -0.995. The molecule has 0 radical (unpaired) electrons. The summed E-state index contributed by atoms with van der Waals surface area (Å²) in [5.41, 5.74) is 1.85. The lowest BCUT2D eigenvalue weighted by Crippen LogP contribution is -2.24. The molecule has 0 aliphatic rings. The number of aliphatic hydroxyl groups is 2. The highest BCUT2D eigenvalue weighted by Crippen LogP contribution is 1.87. The third-order valence-electron chi connectivity index (χ3n) is 1.20. The Balaban J connectivity index is 0. The van der Waals surface area contributed by atoms with Crippen molar-refractivity contribution in [3.8, 4) is 0 Å². The lowest BCUT2D eigenvalue weighted by molar-refractivity contribution is -0.136. The van der Waals surface area contributed by atoms with Crippen LogP contribution in [0, 0.1) is 5.92 Å². The average molecular weight is 195 g/mol. The van der Waals surface area contributed by atoms with Gasteiger partial charge in [0.25, 0.3) is 0 Å². The fourth-order valence-electron chi connectivity index (χ4n) is 0.316. The third kappa shape index (κ3) is 14.2. The summed E-state index contributed by atoms with van der Waals surface area (Å²) in [4.78, 5) is 9.37. The van der Waals surface area contributed by atoms with E-state index < -0.39 is 5.97 Å². The Bertz CT molecular complexity index is 115. The van der Waals surface area contributed by atoms with E-state index in [2.05, 4.69) is 0 Å². The number of hydrogen-bond donors (Lipinski definition) is 5. The summed E-state index contributed by atoms with van der Waals surface area (Å²) in [6, 6.07) is 0. The highest BCUT2D eigenvalue weighted by molar-refractivity contribution is 5.66. The first kappa shape index (κ1) is 14.8. The Hall–Kier alpha value is -0.690. The first-order valence-corrected chi connectivity index (χ1v) is 3.92. The maximum atomic E-state index is 9.37. The Morgan fingerprint density at radius 2 is 1.77 bits per heavy atom. The van der Waals surface area contributed by atoms with Gasteiger partial charge in [-0.05, 0) is 0 Å². The molecule has 0 amide bonds. The van der Waals surface area contributed by atoms with E-state index >= 15 is 0 Å². The van der Waals surface area contributed by atoms with E-state index in [9.17, 15) is 4.79 Å². The molecular formula is C7H17NO5. The molecule has 0 spiro atoms. The number of carboxylic acids is 1. The van der Waals surface area contributed by atoms with Crippen molar-refractivity contribution >= 4 is 5.97 Å². The van der Waals surface area contributed by atoms with Gasteiger partial charge in [-0.25, -0.2) is 5.48 Å². The molecule has 0 saturated carbocycles. The lowest BCUT2D eigenvalue weighted by atomic mass is 10.2. The van der Waals surface area contributed by atoms with E-state index in [-0.39, 0.29) is 32.1 Å². The van der Waals surface area contributed by atoms with Crippen molar-refractivity contribution in [1.29, 1.82) is 0 Å². The van der Waals surface area contributed by atoms with Crippen LogP contribution in [0.15, 0.2) is 0 Å². The second-order valence-corrected chi connectivity index (χ2v) is 2.34. The van der Waals surface area contributed by atoms with Crippen LogP contribution in [0.3, 0.4) is 0 Å². The molecule has 0 aromatic carbocycles. The molecule has 0 aliphatic heterocycles. The quantitative estimate of drug-likeness (QED) is 0.362. The first-order chi connectivity index (χ1) is 6.12. The average Bonchev–Trinajstić information content (AvgIpc) is 2.15. The van der Waals surface area contributed by atoms with Gasteiger partial charge in [-0.2, -0.15) is 0 Å². The molecule has 0 rings (SSSR count). The van der Waals surface area contributed by atoms with Crippen molar-refractivity contribution in [1.82, 2.24) is 5.48 Å². The molecule has 80 valence electrons. The molecule has 0 aromatic rings. The fraction of sp³-hybridized carbons (Fsp3) is 0.857. The predicted molar refractivity (Wildman–Crippen MR) is 45.4 cm³/mol. The summed E-state index contributed by atoms with van der Waals surface area (Å²) in [6.07, 6.45) is 0.222. The van der Waals surface area contributed by atoms with Crippen molar-refractivity contribution < 1.29 is 25.3 Å². The Morgan fingerprint density at radius 1 is 1.38 bits per heavy atom. The molecule has 0 heterocycles. The molecule has 5 N–H and O–H groups in total. The zero-order chi connectivity index (χ0) is 10.7. The standard InChI is InChI=1S/C4H11NO3.C3H6O2/c6-2-4(3-7)1-5-8;1-2-3(4)5/h4-8H,1-3H2;2H2,1H3,(H,4,5). The number of aliphatic carboxylic acids is 1. The van der Waals surface area contributed by atoms with Gasteiger partial charge in [0.05, 0.1) is 0 Å². The van der Waals surface area contributed by atoms with Crippen LogP contribution in [-0.2, 0) is 4.79 Å². The topological polar surface area (TPSA) is 110 Å². The zero-order valence-corrected chi connectivity index (χ0v) is 7.60. The molecule has 0 atom stereocenters. The van der Waals surface area contributed by atoms with Gasteiger partial charge in [-0.1, -0.05) is 6.92 Å². The minimum Gasteiger partial charge on any atom is -0.481 e. The Morgan fingerprint density at radius 3 is 1.85 bits per heavy atom. The Kier molecular flexibility index (Phi) is 12.9. The van der Waals surface area contributed by atoms with Gasteiger partial charge in [0, 0.05) is 32.1 Å². The van der Waals surface area contributed by atoms with Gasteiger partial charge in [-0.3, -0.25) is 4.79 Å². The first-order valence-electron chi connectivity index (χ1n) is 3.92. The molecule has 0 aliphatic carbocycles. The van der Waals surface area contributed by atoms with Crippen LogP contribution in [0.2, 0.25) is 0 Å². The minimum absolute atomic E-state index is 0.107. The monoisotopic (exact) mass is 195 g/mol. The van der Waals surface area contributed by atoms with Crippen LogP contribution in [-0.4, -0.2) is 46.3 Å². The second kappa shape index (κ2) is 11.3. The van der Waals surface area contributed by atoms with Crippen molar-refractivity contribution in [3.05, 3.63) is 0 Å². The number of rotatable bonds is 5. The van der Waals surface area contributed by atoms with Gasteiger partial charge in [-0.15, -0.1) is 0 Å². The van der Waals surface area contributed by atoms with Crippen LogP contribution < -0.4 is 5.48 Å². The van der Waals surface area contributed by atoms with Crippen molar-refractivity contribution in [2.24, 2.45) is 5.92 Å². The molecular weight excluding hydrogens is 178 g/mol. The normalized spacial score (nSPS) is 9.31. The van der Waals surface area contributed by atoms with Crippen molar-refractivity contribution in [3.63, 3.8) is 0 Å². The van der Waals surface area contributed by atoms with Crippen LogP contribution in [0.4, 0.5) is 0 Å². The summed E-state index contributed by atoms with van der Waals surface area (Å²) in [7, 11) is 0. The van der Waals surface area contributed by atoms with E-state index in [1.165, 1.54) is 0 Å². The predicted octanol–water partition coefficient (Wildman–Crippen LogP) is -0.953. The van der Waals surface area contributed by atoms with Gasteiger partial charge >= 0.3 is 5.97 Å². The molecule has 0 saturated heterocycles. The number of hydroxylamine groups is 1. The van der Waals surface area contributed by atoms with Crippen LogP contribution in [0.5, 0.6) is 0 Å². The highest BCUT2D eigenvalue weighted by Gasteiger charge is 2.02. The van der Waals surface area contributed by atoms with E-state index in [1.807, 2.05) is 5.48 Å². The largest absolute Gasteiger partial charge is 0.481 e. The molecule has 13 heavy (non-hydrogen) atoms. The maximum Gasteiger partial charge on any atom is 0.303 e. The van der Waals surface area contributed by atoms with Crippen molar-refractivity contribution in [2.45, 2.75) is 13.3 Å². The molecule has 6 nitrogen and oxygen atoms in total. The molecule has 6 heteroatoms. The summed E-state index contributed by atoms with van der Waals surface area (Å²) in [6.45, 7) is 1.61. The van der Waals surface area contributed by atoms with Crippen LogP contribution in [0.1, 0.15) is 13.3 Å². The molecule has 0 bridgehead atoms. The van der Waals surface area contributed by atoms with Gasteiger partial charge in [0.2, 0.25) is 0 Å². The van der Waals surface area contributed by atoms with E-state index in [0.717, 1.165) is 0 Å². The Labute approximate surface area is 76.8 Å². The second-order valence-electron chi connectivity index (χ2n) is 2.34. The van der Waals surface area contributed by atoms with Gasteiger partial charge in [0.15, 0.2) is 0 Å². The fourth-order valence-corrected chi connectivity index (χ4v) is 0.316. The van der Waals surface area contributed by atoms with E-state index in [0.29, 0.717) is 0 Å². The number of carbonyl (C=O) groups is 1. The number of aliphatic hydroxyl groups excluding tert-OH is 2. The zero-order valence-electron chi connectivity index (χ0n) is 7.60.